The van der Waals surface area contributed by atoms with Crippen LogP contribution in [-0.2, 0) is 23.7 Å². The Balaban J connectivity index is 1.13. The largest absolute Gasteiger partial charge is 0.479 e. The fourth-order valence-electron chi connectivity index (χ4n) is 13.8. The van der Waals surface area contributed by atoms with Crippen molar-refractivity contribution < 1.29 is 69.7 Å². The number of aliphatic hydroxyl groups is 8. The third-order valence-electron chi connectivity index (χ3n) is 17.3. The van der Waals surface area contributed by atoms with Gasteiger partial charge in [0.1, 0.15) is 42.7 Å². The summed E-state index contributed by atoms with van der Waals surface area (Å²) in [5, 5.41) is 96.3. The molecule has 9 N–H and O–H groups in total. The van der Waals surface area contributed by atoms with Gasteiger partial charge in [0.05, 0.1) is 25.4 Å². The molecule has 0 unspecified atom stereocenters. The summed E-state index contributed by atoms with van der Waals surface area (Å²) >= 11 is 0. The minimum Gasteiger partial charge on any atom is -0.479 e. The molecule has 0 radical (unpaired) electrons. The van der Waals surface area contributed by atoms with Gasteiger partial charge < -0.3 is 64.9 Å². The van der Waals surface area contributed by atoms with Crippen LogP contribution in [0.3, 0.4) is 0 Å². The molecule has 19 atom stereocenters. The van der Waals surface area contributed by atoms with E-state index in [1.54, 1.807) is 0 Å². The van der Waals surface area contributed by atoms with Crippen LogP contribution < -0.4 is 0 Å². The average molecular weight is 797 g/mol. The lowest BCUT2D eigenvalue weighted by Gasteiger charge is -2.72. The molecule has 14 nitrogen and oxygen atoms in total. The molecule has 4 saturated carbocycles. The van der Waals surface area contributed by atoms with Crippen LogP contribution in [0.4, 0.5) is 0 Å². The van der Waals surface area contributed by atoms with Crippen molar-refractivity contribution in [1.82, 2.24) is 0 Å². The van der Waals surface area contributed by atoms with Crippen LogP contribution in [0.1, 0.15) is 106 Å². The van der Waals surface area contributed by atoms with Crippen LogP contribution in [0.5, 0.6) is 0 Å². The van der Waals surface area contributed by atoms with Crippen molar-refractivity contribution in [2.24, 2.45) is 50.2 Å². The number of carbonyl (C=O) groups is 1. The van der Waals surface area contributed by atoms with Gasteiger partial charge in [0.25, 0.3) is 0 Å². The number of hydrogen-bond acceptors (Lipinski definition) is 13. The van der Waals surface area contributed by atoms with Crippen molar-refractivity contribution in [3.8, 4) is 0 Å². The van der Waals surface area contributed by atoms with Gasteiger partial charge in [0, 0.05) is 5.41 Å². The maximum atomic E-state index is 12.3. The van der Waals surface area contributed by atoms with Gasteiger partial charge in [-0.25, -0.2) is 4.79 Å². The molecule has 0 amide bonds. The van der Waals surface area contributed by atoms with Gasteiger partial charge in [-0.2, -0.15) is 0 Å². The fourth-order valence-corrected chi connectivity index (χ4v) is 13.8. The second-order valence-corrected chi connectivity index (χ2v) is 20.9. The molecule has 7 aliphatic rings. The third kappa shape index (κ3) is 6.21. The Hall–Kier alpha value is -1.27. The number of rotatable bonds is 7. The SMILES string of the molecule is CC1(C)CC[C@]2(CO)[C@@H](O)C[C@]3(C)C(=CC[C@@H]4[C@@]5(C)CC[C@H](O[C@@H]6O[C@@H](C(=O)O)[C@@H](O)[C@H](O[C@@H]7O[C@@H](CO)[C@@H](O)[C@H](O)[C@@H]7O)[C@@H]6O)C(C)(C)[C@@H]5CC[C@]43C)[C@@H]2C1. The van der Waals surface area contributed by atoms with E-state index in [4.69, 9.17) is 18.9 Å². The van der Waals surface area contributed by atoms with Crippen LogP contribution in [0.25, 0.3) is 0 Å². The van der Waals surface area contributed by atoms with Gasteiger partial charge in [-0.3, -0.25) is 0 Å². The Morgan fingerprint density at radius 2 is 1.45 bits per heavy atom. The van der Waals surface area contributed by atoms with E-state index in [1.165, 1.54) is 5.57 Å². The monoisotopic (exact) mass is 796 g/mol. The molecule has 0 bridgehead atoms. The first kappa shape index (κ1) is 42.8. The first-order valence-electron chi connectivity index (χ1n) is 20.9. The Kier molecular flexibility index (Phi) is 11.0. The first-order chi connectivity index (χ1) is 26.0. The zero-order chi connectivity index (χ0) is 41.1. The lowest BCUT2D eigenvalue weighted by atomic mass is 9.33. The van der Waals surface area contributed by atoms with Crippen molar-refractivity contribution >= 4 is 5.97 Å². The summed E-state index contributed by atoms with van der Waals surface area (Å²) in [6.07, 6.45) is -8.30. The van der Waals surface area contributed by atoms with Gasteiger partial charge >= 0.3 is 5.97 Å². The van der Waals surface area contributed by atoms with Crippen LogP contribution in [0.15, 0.2) is 11.6 Å². The van der Waals surface area contributed by atoms with Crippen molar-refractivity contribution in [3.05, 3.63) is 11.6 Å². The predicted molar refractivity (Wildman–Crippen MR) is 199 cm³/mol. The van der Waals surface area contributed by atoms with Crippen molar-refractivity contribution in [1.29, 1.82) is 0 Å². The molecular formula is C42H68O14. The van der Waals surface area contributed by atoms with E-state index >= 15 is 0 Å². The Labute approximate surface area is 330 Å². The zero-order valence-electron chi connectivity index (χ0n) is 34.1. The van der Waals surface area contributed by atoms with E-state index < -0.39 is 97.0 Å². The molecule has 6 fully saturated rings. The number of carboxylic acid groups (broad SMARTS) is 1. The van der Waals surface area contributed by atoms with Gasteiger partial charge in [0.15, 0.2) is 18.7 Å². The van der Waals surface area contributed by atoms with Crippen molar-refractivity contribution in [2.45, 2.75) is 180 Å². The van der Waals surface area contributed by atoms with Gasteiger partial charge in [-0.05, 0) is 103 Å². The van der Waals surface area contributed by atoms with Gasteiger partial charge in [0.2, 0.25) is 0 Å². The number of allylic oxidation sites excluding steroid dienone is 2. The number of aliphatic hydroxyl groups excluding tert-OH is 8. The average Bonchev–Trinajstić information content (AvgIpc) is 3.12. The second-order valence-electron chi connectivity index (χ2n) is 20.9. The topological polar surface area (TPSA) is 236 Å². The van der Waals surface area contributed by atoms with E-state index in [2.05, 4.69) is 54.5 Å². The van der Waals surface area contributed by atoms with Crippen LogP contribution in [0.2, 0.25) is 0 Å². The summed E-state index contributed by atoms with van der Waals surface area (Å²) in [5.74, 6) is -0.932. The predicted octanol–water partition coefficient (Wildman–Crippen LogP) is 1.85. The number of fused-ring (bicyclic) bond motifs is 7. The number of hydrogen-bond donors (Lipinski definition) is 9. The van der Waals surface area contributed by atoms with Crippen LogP contribution >= 0.6 is 0 Å². The minimum absolute atomic E-state index is 0.00988. The second kappa shape index (κ2) is 14.4. The van der Waals surface area contributed by atoms with E-state index in [-0.39, 0.29) is 40.1 Å². The Morgan fingerprint density at radius 3 is 2.09 bits per heavy atom. The molecule has 2 saturated heterocycles. The van der Waals surface area contributed by atoms with Crippen molar-refractivity contribution in [2.75, 3.05) is 13.2 Å². The van der Waals surface area contributed by atoms with Crippen molar-refractivity contribution in [3.63, 3.8) is 0 Å². The molecule has 0 aromatic heterocycles. The smallest absolute Gasteiger partial charge is 0.335 e. The lowest BCUT2D eigenvalue weighted by molar-refractivity contribution is -0.365. The molecule has 2 heterocycles. The Morgan fingerprint density at radius 1 is 0.768 bits per heavy atom. The summed E-state index contributed by atoms with van der Waals surface area (Å²) in [5.41, 5.74) is 0.0827. The molecule has 56 heavy (non-hydrogen) atoms. The molecule has 7 rings (SSSR count). The van der Waals surface area contributed by atoms with E-state index in [0.717, 1.165) is 44.9 Å². The highest BCUT2D eigenvalue weighted by atomic mass is 16.7. The molecule has 0 aromatic carbocycles. The summed E-state index contributed by atoms with van der Waals surface area (Å²) in [6, 6.07) is 0. The normalized spacial score (nSPS) is 53.8. The summed E-state index contributed by atoms with van der Waals surface area (Å²) in [6.45, 7) is 15.4. The zero-order valence-corrected chi connectivity index (χ0v) is 34.1. The summed E-state index contributed by atoms with van der Waals surface area (Å²) in [4.78, 5) is 12.3. The number of aliphatic carboxylic acids is 1. The summed E-state index contributed by atoms with van der Waals surface area (Å²) < 4.78 is 23.5. The molecule has 0 aromatic rings. The molecule has 14 heteroatoms. The van der Waals surface area contributed by atoms with E-state index in [9.17, 15) is 50.8 Å². The lowest BCUT2D eigenvalue weighted by Crippen LogP contribution is -2.68. The van der Waals surface area contributed by atoms with Crippen LogP contribution in [-0.4, -0.2) is 139 Å². The van der Waals surface area contributed by atoms with E-state index in [0.29, 0.717) is 18.8 Å². The Bertz CT molecular complexity index is 1520. The number of carboxylic acids is 1. The summed E-state index contributed by atoms with van der Waals surface area (Å²) in [7, 11) is 0. The first-order valence-corrected chi connectivity index (χ1v) is 20.9. The highest BCUT2D eigenvalue weighted by molar-refractivity contribution is 5.73. The number of ether oxygens (including phenoxy) is 4. The van der Waals surface area contributed by atoms with E-state index in [1.807, 2.05) is 0 Å². The van der Waals surface area contributed by atoms with Crippen LogP contribution in [0, 0.1) is 50.2 Å². The fraction of sp³-hybridized carbons (Fsp3) is 0.929. The molecule has 5 aliphatic carbocycles. The molecular weight excluding hydrogens is 728 g/mol. The molecule has 320 valence electrons. The minimum atomic E-state index is -1.93. The maximum absolute atomic E-state index is 12.3. The maximum Gasteiger partial charge on any atom is 0.335 e. The molecule has 2 aliphatic heterocycles. The molecule has 0 spiro atoms. The highest BCUT2D eigenvalue weighted by Crippen LogP contribution is 2.76. The standard InChI is InChI=1S/C42H68O14/c1-37(2)14-15-42(19-44)21(16-37)20-8-9-24-39(5)12-11-26(38(3,4)23(39)10-13-40(24,6)41(20,7)17-25(42)45)54-36-31(50)32(30(49)33(56-36)34(51)52)55-35-29(48)28(47)27(46)22(18-43)53-35/h8,21-33,35-36,43-50H,9-19H2,1-7H3,(H,51,52)/t21-,22-,23-,24+,25-,26-,27+,28-,29-,30-,31-,32-,33+,35-,36+,39-,40+,41+,42+/m0/s1. The third-order valence-corrected chi connectivity index (χ3v) is 17.3. The van der Waals surface area contributed by atoms with Gasteiger partial charge in [-0.1, -0.05) is 60.1 Å². The highest BCUT2D eigenvalue weighted by Gasteiger charge is 2.70. The quantitative estimate of drug-likeness (QED) is 0.132. The van der Waals surface area contributed by atoms with Gasteiger partial charge in [-0.15, -0.1) is 0 Å².